The Labute approximate surface area is 204 Å². The van der Waals surface area contributed by atoms with Gasteiger partial charge in [0.15, 0.2) is 5.78 Å². The van der Waals surface area contributed by atoms with E-state index >= 15 is 0 Å². The Bertz CT molecular complexity index is 1440. The summed E-state index contributed by atoms with van der Waals surface area (Å²) in [6.07, 6.45) is 1.69. The molecular weight excluding hydrogens is 468 g/mol. The lowest BCUT2D eigenvalue weighted by Crippen LogP contribution is -2.36. The van der Waals surface area contributed by atoms with Crippen molar-refractivity contribution in [2.45, 2.75) is 0 Å². The van der Waals surface area contributed by atoms with Crippen LogP contribution < -0.4 is 15.5 Å². The molecule has 2 heterocycles. The topological polar surface area (TPSA) is 96.5 Å². The summed E-state index contributed by atoms with van der Waals surface area (Å²) in [5.74, 6) is -1.04. The van der Waals surface area contributed by atoms with Gasteiger partial charge >= 0.3 is 6.03 Å². The summed E-state index contributed by atoms with van der Waals surface area (Å²) in [6, 6.07) is 13.2. The Kier molecular flexibility index (Phi) is 6.50. The van der Waals surface area contributed by atoms with Crippen molar-refractivity contribution < 1.29 is 23.1 Å². The second-order valence-corrected chi connectivity index (χ2v) is 8.14. The fourth-order valence-corrected chi connectivity index (χ4v) is 3.85. The molecule has 2 N–H and O–H groups in total. The summed E-state index contributed by atoms with van der Waals surface area (Å²) in [5, 5.41) is 5.00. The number of carbonyl (C=O) groups is 2. The number of carbonyl (C=O) groups excluding carboxylic acids is 2. The first-order valence-corrected chi connectivity index (χ1v) is 11.2. The highest BCUT2D eigenvalue weighted by Crippen LogP contribution is 2.22. The predicted octanol–water partition coefficient (Wildman–Crippen LogP) is 4.62. The number of urea groups is 1. The largest absolute Gasteiger partial charge is 0.378 e. The number of anilines is 3. The third-order valence-corrected chi connectivity index (χ3v) is 5.70. The average molecular weight is 489 g/mol. The quantitative estimate of drug-likeness (QED) is 0.397. The van der Waals surface area contributed by atoms with Gasteiger partial charge in [-0.1, -0.05) is 0 Å². The summed E-state index contributed by atoms with van der Waals surface area (Å²) in [4.78, 5) is 36.3. The van der Waals surface area contributed by atoms with Gasteiger partial charge in [-0.15, -0.1) is 0 Å². The highest BCUT2D eigenvalue weighted by atomic mass is 19.1. The Balaban J connectivity index is 1.32. The molecule has 0 saturated carbocycles. The van der Waals surface area contributed by atoms with Gasteiger partial charge in [-0.25, -0.2) is 18.6 Å². The maximum atomic E-state index is 14.8. The van der Waals surface area contributed by atoms with E-state index in [1.54, 1.807) is 24.4 Å². The molecule has 36 heavy (non-hydrogen) atoms. The van der Waals surface area contributed by atoms with Crippen molar-refractivity contribution >= 4 is 40.0 Å². The minimum Gasteiger partial charge on any atom is -0.378 e. The van der Waals surface area contributed by atoms with Crippen molar-refractivity contribution in [3.63, 3.8) is 0 Å². The molecule has 1 aromatic heterocycles. The summed E-state index contributed by atoms with van der Waals surface area (Å²) in [5.41, 5.74) is 1.80. The SMILES string of the molecule is O=C(Nc1ccc(F)cc1)Nc1ccc(C(=O)c2ccc3ncc(N4CCOCC4)nc3c2)c(F)c1. The molecule has 0 unspecified atom stereocenters. The second kappa shape index (κ2) is 10.0. The molecule has 1 saturated heterocycles. The molecule has 2 amide bonds. The number of morpholine rings is 1. The number of hydrogen-bond donors (Lipinski definition) is 2. The highest BCUT2D eigenvalue weighted by Gasteiger charge is 2.18. The predicted molar refractivity (Wildman–Crippen MR) is 131 cm³/mol. The van der Waals surface area contributed by atoms with Gasteiger partial charge in [0, 0.05) is 30.0 Å². The minimum absolute atomic E-state index is 0.142. The van der Waals surface area contributed by atoms with Crippen LogP contribution in [-0.4, -0.2) is 48.1 Å². The van der Waals surface area contributed by atoms with Crippen molar-refractivity contribution in [1.29, 1.82) is 0 Å². The lowest BCUT2D eigenvalue weighted by atomic mass is 10.0. The number of hydrogen-bond acceptors (Lipinski definition) is 6. The first-order valence-electron chi connectivity index (χ1n) is 11.2. The van der Waals surface area contributed by atoms with Crippen LogP contribution in [0.5, 0.6) is 0 Å². The molecule has 5 rings (SSSR count). The monoisotopic (exact) mass is 489 g/mol. The molecule has 0 aliphatic carbocycles. The lowest BCUT2D eigenvalue weighted by Gasteiger charge is -2.27. The van der Waals surface area contributed by atoms with Gasteiger partial charge in [-0.3, -0.25) is 9.78 Å². The Morgan fingerprint density at radius 3 is 2.33 bits per heavy atom. The van der Waals surface area contributed by atoms with E-state index in [0.717, 1.165) is 6.07 Å². The van der Waals surface area contributed by atoms with Crippen LogP contribution in [0, 0.1) is 11.6 Å². The number of ketones is 1. The number of halogens is 2. The minimum atomic E-state index is -0.784. The molecule has 1 aliphatic rings. The van der Waals surface area contributed by atoms with Crippen LogP contribution in [0.25, 0.3) is 11.0 Å². The van der Waals surface area contributed by atoms with Crippen molar-refractivity contribution in [3.05, 3.63) is 89.6 Å². The summed E-state index contributed by atoms with van der Waals surface area (Å²) in [7, 11) is 0. The third-order valence-electron chi connectivity index (χ3n) is 5.70. The van der Waals surface area contributed by atoms with E-state index in [-0.39, 0.29) is 16.8 Å². The second-order valence-electron chi connectivity index (χ2n) is 8.14. The number of fused-ring (bicyclic) bond motifs is 1. The van der Waals surface area contributed by atoms with Gasteiger partial charge in [0.2, 0.25) is 0 Å². The molecular formula is C26H21F2N5O3. The number of nitrogens with zero attached hydrogens (tertiary/aromatic N) is 3. The smallest absolute Gasteiger partial charge is 0.323 e. The van der Waals surface area contributed by atoms with Crippen LogP contribution in [0.2, 0.25) is 0 Å². The Morgan fingerprint density at radius 1 is 0.861 bits per heavy atom. The van der Waals surface area contributed by atoms with Crippen LogP contribution in [0.15, 0.2) is 66.9 Å². The van der Waals surface area contributed by atoms with Gasteiger partial charge in [-0.2, -0.15) is 0 Å². The molecule has 10 heteroatoms. The van der Waals surface area contributed by atoms with Crippen molar-refractivity contribution in [2.75, 3.05) is 41.8 Å². The first kappa shape index (κ1) is 23.3. The first-order chi connectivity index (χ1) is 17.5. The number of rotatable bonds is 5. The van der Waals surface area contributed by atoms with E-state index < -0.39 is 23.4 Å². The standard InChI is InChI=1S/C26H21F2N5O3/c27-17-2-4-18(5-3-17)30-26(35)31-19-6-7-20(21(28)14-19)25(34)16-1-8-22-23(13-16)32-24(15-29-22)33-9-11-36-12-10-33/h1-8,13-15H,9-12H2,(H2,30,31,35). The lowest BCUT2D eigenvalue weighted by molar-refractivity contribution is 0.103. The Hall–Kier alpha value is -4.44. The number of ether oxygens (including phenoxy) is 1. The molecule has 1 fully saturated rings. The summed E-state index contributed by atoms with van der Waals surface area (Å²) in [6.45, 7) is 2.62. The maximum Gasteiger partial charge on any atom is 0.323 e. The van der Waals surface area contributed by atoms with E-state index in [2.05, 4.69) is 25.5 Å². The molecule has 3 aromatic carbocycles. The highest BCUT2D eigenvalue weighted by molar-refractivity contribution is 6.10. The number of amides is 2. The van der Waals surface area contributed by atoms with Gasteiger partial charge in [0.1, 0.15) is 17.5 Å². The normalized spacial score (nSPS) is 13.4. The maximum absolute atomic E-state index is 14.8. The van der Waals surface area contributed by atoms with Crippen molar-refractivity contribution in [1.82, 2.24) is 9.97 Å². The van der Waals surface area contributed by atoms with Crippen LogP contribution in [0.3, 0.4) is 0 Å². The molecule has 0 spiro atoms. The zero-order chi connectivity index (χ0) is 25.1. The third kappa shape index (κ3) is 5.13. The molecule has 0 radical (unpaired) electrons. The van der Waals surface area contributed by atoms with E-state index in [1.165, 1.54) is 36.4 Å². The van der Waals surface area contributed by atoms with Gasteiger partial charge in [0.05, 0.1) is 36.0 Å². The molecule has 8 nitrogen and oxygen atoms in total. The van der Waals surface area contributed by atoms with Crippen LogP contribution in [-0.2, 0) is 4.74 Å². The molecule has 1 aliphatic heterocycles. The van der Waals surface area contributed by atoms with Crippen molar-refractivity contribution in [3.8, 4) is 0 Å². The van der Waals surface area contributed by atoms with Crippen LogP contribution >= 0.6 is 0 Å². The van der Waals surface area contributed by atoms with Crippen molar-refractivity contribution in [2.24, 2.45) is 0 Å². The van der Waals surface area contributed by atoms with Gasteiger partial charge < -0.3 is 20.3 Å². The molecule has 0 bridgehead atoms. The van der Waals surface area contributed by atoms with E-state index in [1.807, 2.05) is 0 Å². The molecule has 182 valence electrons. The zero-order valence-corrected chi connectivity index (χ0v) is 19.0. The Morgan fingerprint density at radius 2 is 1.58 bits per heavy atom. The molecule has 4 aromatic rings. The van der Waals surface area contributed by atoms with E-state index in [0.29, 0.717) is 48.8 Å². The van der Waals surface area contributed by atoms with Gasteiger partial charge in [0.25, 0.3) is 0 Å². The fraction of sp³-hybridized carbons (Fsp3) is 0.154. The van der Waals surface area contributed by atoms with Gasteiger partial charge in [-0.05, 0) is 60.7 Å². The fourth-order valence-electron chi connectivity index (χ4n) is 3.85. The molecule has 0 atom stereocenters. The van der Waals surface area contributed by atoms with E-state index in [4.69, 9.17) is 4.74 Å². The number of benzene rings is 3. The number of nitrogens with one attached hydrogen (secondary N) is 2. The zero-order valence-electron chi connectivity index (χ0n) is 19.0. The van der Waals surface area contributed by atoms with E-state index in [9.17, 15) is 18.4 Å². The average Bonchev–Trinajstić information content (AvgIpc) is 2.89. The number of aromatic nitrogens is 2. The van der Waals surface area contributed by atoms with Crippen LogP contribution in [0.4, 0.5) is 30.8 Å². The summed E-state index contributed by atoms with van der Waals surface area (Å²) >= 11 is 0. The van der Waals surface area contributed by atoms with Crippen LogP contribution in [0.1, 0.15) is 15.9 Å². The summed E-state index contributed by atoms with van der Waals surface area (Å²) < 4.78 is 33.2.